The van der Waals surface area contributed by atoms with E-state index in [0.29, 0.717) is 24.6 Å². The number of imidazole rings is 1. The molecule has 174 valence electrons. The van der Waals surface area contributed by atoms with Crippen LogP contribution in [0.5, 0.6) is 5.75 Å². The summed E-state index contributed by atoms with van der Waals surface area (Å²) in [5.41, 5.74) is 11.8. The summed E-state index contributed by atoms with van der Waals surface area (Å²) in [6.07, 6.45) is 1.24. The number of halogens is 3. The zero-order chi connectivity index (χ0) is 23.6. The van der Waals surface area contributed by atoms with Gasteiger partial charge in [0.2, 0.25) is 0 Å². The molecule has 0 aliphatic heterocycles. The minimum atomic E-state index is -4.52. The maximum Gasteiger partial charge on any atom is 0.416 e. The van der Waals surface area contributed by atoms with Crippen molar-refractivity contribution in [1.82, 2.24) is 9.55 Å². The van der Waals surface area contributed by atoms with Gasteiger partial charge in [-0.25, -0.2) is 4.98 Å². The molecule has 7 nitrogen and oxygen atoms in total. The number of nitrogens with zero attached hydrogens (tertiary/aromatic N) is 2. The Morgan fingerprint density at radius 1 is 1.30 bits per heavy atom. The number of hydrogen-bond acceptors (Lipinski definition) is 6. The fraction of sp³-hybridized carbons (Fsp3) is 0.273. The van der Waals surface area contributed by atoms with E-state index in [1.54, 1.807) is 17.0 Å². The molecule has 0 radical (unpaired) electrons. The number of fused-ring (bicyclic) bond motifs is 1. The van der Waals surface area contributed by atoms with Gasteiger partial charge in [-0.1, -0.05) is 24.3 Å². The average molecular weight is 478 g/mol. The topological polar surface area (TPSA) is 105 Å². The number of carbonyl (C=O) groups is 1. The van der Waals surface area contributed by atoms with Gasteiger partial charge in [0.25, 0.3) is 5.91 Å². The van der Waals surface area contributed by atoms with Crippen LogP contribution in [0.25, 0.3) is 11.1 Å². The Labute approximate surface area is 191 Å². The second-order valence-electron chi connectivity index (χ2n) is 7.29. The number of aromatic nitrogens is 2. The van der Waals surface area contributed by atoms with E-state index in [1.807, 2.05) is 12.2 Å². The lowest BCUT2D eigenvalue weighted by atomic mass is 10.1. The molecule has 0 bridgehead atoms. The molecule has 1 aromatic carbocycles. The van der Waals surface area contributed by atoms with Gasteiger partial charge in [0.05, 0.1) is 29.7 Å². The third-order valence-corrected chi connectivity index (χ3v) is 6.19. The first-order chi connectivity index (χ1) is 15.8. The van der Waals surface area contributed by atoms with Gasteiger partial charge in [-0.2, -0.15) is 13.2 Å². The van der Waals surface area contributed by atoms with Crippen molar-refractivity contribution in [3.05, 3.63) is 70.1 Å². The average Bonchev–Trinajstić information content (AvgIpc) is 3.39. The lowest BCUT2D eigenvalue weighted by molar-refractivity contribution is -0.138. The van der Waals surface area contributed by atoms with Crippen LogP contribution in [-0.4, -0.2) is 34.7 Å². The molecular weight excluding hydrogens is 457 g/mol. The Morgan fingerprint density at radius 2 is 2.09 bits per heavy atom. The maximum absolute atomic E-state index is 13.3. The number of nitrogens with two attached hydrogens (primary N) is 2. The predicted octanol–water partition coefficient (Wildman–Crippen LogP) is 3.54. The molecule has 1 amide bonds. The molecule has 0 saturated carbocycles. The summed E-state index contributed by atoms with van der Waals surface area (Å²) in [7, 11) is 0. The largest absolute Gasteiger partial charge is 0.487 e. The highest BCUT2D eigenvalue weighted by molar-refractivity contribution is 7.16. The molecular formula is C22H21F3N4O3S. The van der Waals surface area contributed by atoms with Crippen LogP contribution in [-0.2, 0) is 23.9 Å². The van der Waals surface area contributed by atoms with E-state index in [-0.39, 0.29) is 28.9 Å². The molecule has 4 N–H and O–H groups in total. The minimum Gasteiger partial charge on any atom is -0.487 e. The van der Waals surface area contributed by atoms with E-state index >= 15 is 0 Å². The number of amides is 1. The van der Waals surface area contributed by atoms with Gasteiger partial charge in [0, 0.05) is 24.6 Å². The van der Waals surface area contributed by atoms with E-state index in [2.05, 4.69) is 4.98 Å². The Hall–Kier alpha value is -3.15. The second-order valence-corrected chi connectivity index (χ2v) is 8.32. The van der Waals surface area contributed by atoms with Crippen molar-refractivity contribution in [2.24, 2.45) is 11.5 Å². The van der Waals surface area contributed by atoms with E-state index in [1.165, 1.54) is 18.2 Å². The number of benzene rings is 1. The Balaban J connectivity index is 1.61. The van der Waals surface area contributed by atoms with Gasteiger partial charge in [-0.05, 0) is 12.1 Å². The number of thiophene rings is 1. The Morgan fingerprint density at radius 3 is 2.82 bits per heavy atom. The molecule has 1 aliphatic rings. The summed E-state index contributed by atoms with van der Waals surface area (Å²) in [6.45, 7) is 0.453. The quantitative estimate of drug-likeness (QED) is 0.515. The zero-order valence-corrected chi connectivity index (χ0v) is 18.2. The van der Waals surface area contributed by atoms with Gasteiger partial charge in [-0.3, -0.25) is 9.36 Å². The molecule has 4 rings (SSSR count). The van der Waals surface area contributed by atoms with Crippen molar-refractivity contribution < 1.29 is 27.4 Å². The molecule has 33 heavy (non-hydrogen) atoms. The van der Waals surface area contributed by atoms with Crippen LogP contribution in [0.1, 0.15) is 32.2 Å². The molecule has 0 spiro atoms. The van der Waals surface area contributed by atoms with Gasteiger partial charge in [0.1, 0.15) is 28.6 Å². The highest BCUT2D eigenvalue weighted by Gasteiger charge is 2.33. The molecule has 1 atom stereocenters. The van der Waals surface area contributed by atoms with Crippen molar-refractivity contribution in [2.45, 2.75) is 25.3 Å². The highest BCUT2D eigenvalue weighted by Crippen LogP contribution is 2.36. The normalized spacial score (nSPS) is 15.5. The van der Waals surface area contributed by atoms with Crippen LogP contribution in [0, 0.1) is 0 Å². The van der Waals surface area contributed by atoms with Crippen molar-refractivity contribution >= 4 is 23.3 Å². The lowest BCUT2D eigenvalue weighted by Gasteiger charge is -2.18. The Bertz CT molecular complexity index is 1190. The number of ether oxygens (including phenoxy) is 2. The van der Waals surface area contributed by atoms with Gasteiger partial charge < -0.3 is 20.9 Å². The number of primary amides is 1. The predicted molar refractivity (Wildman–Crippen MR) is 117 cm³/mol. The highest BCUT2D eigenvalue weighted by atomic mass is 32.1. The van der Waals surface area contributed by atoms with Gasteiger partial charge in [-0.15, -0.1) is 11.3 Å². The third-order valence-electron chi connectivity index (χ3n) is 5.06. The second kappa shape index (κ2) is 9.38. The summed E-state index contributed by atoms with van der Waals surface area (Å²) in [5.74, 6) is -0.618. The van der Waals surface area contributed by atoms with Crippen molar-refractivity contribution in [2.75, 3.05) is 13.2 Å². The molecule has 1 aliphatic carbocycles. The summed E-state index contributed by atoms with van der Waals surface area (Å²) in [5, 5.41) is 0.601. The SMILES string of the molecule is NCCOC1C=Cc2ncn(-c3cc(OCc4ccccc4C(F)(F)F)c(C(N)=O)s3)c2C1. The maximum atomic E-state index is 13.3. The molecule has 2 heterocycles. The summed E-state index contributed by atoms with van der Waals surface area (Å²) in [6, 6.07) is 6.71. The minimum absolute atomic E-state index is 0.0433. The molecule has 3 aromatic rings. The molecule has 2 aromatic heterocycles. The third kappa shape index (κ3) is 4.95. The van der Waals surface area contributed by atoms with Crippen molar-refractivity contribution in [1.29, 1.82) is 0 Å². The zero-order valence-electron chi connectivity index (χ0n) is 17.3. The number of rotatable bonds is 8. The summed E-state index contributed by atoms with van der Waals surface area (Å²) >= 11 is 1.08. The van der Waals surface area contributed by atoms with E-state index < -0.39 is 17.6 Å². The monoisotopic (exact) mass is 478 g/mol. The number of carbonyl (C=O) groups excluding carboxylic acids is 1. The van der Waals surface area contributed by atoms with E-state index in [4.69, 9.17) is 20.9 Å². The van der Waals surface area contributed by atoms with Crippen LogP contribution in [0.3, 0.4) is 0 Å². The smallest absolute Gasteiger partial charge is 0.416 e. The van der Waals surface area contributed by atoms with E-state index in [9.17, 15) is 18.0 Å². The molecule has 1 unspecified atom stereocenters. The van der Waals surface area contributed by atoms with Gasteiger partial charge >= 0.3 is 6.18 Å². The molecule has 0 fully saturated rings. The van der Waals surface area contributed by atoms with Crippen LogP contribution >= 0.6 is 11.3 Å². The summed E-state index contributed by atoms with van der Waals surface area (Å²) in [4.78, 5) is 16.5. The van der Waals surface area contributed by atoms with Crippen LogP contribution in [0.2, 0.25) is 0 Å². The first-order valence-electron chi connectivity index (χ1n) is 10.1. The fourth-order valence-corrected chi connectivity index (χ4v) is 4.50. The van der Waals surface area contributed by atoms with Crippen molar-refractivity contribution in [3.63, 3.8) is 0 Å². The van der Waals surface area contributed by atoms with Crippen LogP contribution in [0.4, 0.5) is 13.2 Å². The first-order valence-corrected chi connectivity index (χ1v) is 10.9. The number of alkyl halides is 3. The van der Waals surface area contributed by atoms with Gasteiger partial charge in [0.15, 0.2) is 0 Å². The summed E-state index contributed by atoms with van der Waals surface area (Å²) < 4.78 is 53.0. The van der Waals surface area contributed by atoms with Crippen LogP contribution < -0.4 is 16.2 Å². The van der Waals surface area contributed by atoms with Crippen LogP contribution in [0.15, 0.2) is 42.7 Å². The fourth-order valence-electron chi connectivity index (χ4n) is 3.55. The van der Waals surface area contributed by atoms with Crippen molar-refractivity contribution in [3.8, 4) is 10.8 Å². The molecule has 11 heteroatoms. The molecule has 0 saturated heterocycles. The van der Waals surface area contributed by atoms with E-state index in [0.717, 1.165) is 28.8 Å². The lowest BCUT2D eigenvalue weighted by Crippen LogP contribution is -2.22. The first kappa shape index (κ1) is 23.0. The Kier molecular flexibility index (Phi) is 6.54. The standard InChI is InChI=1S/C22H21F3N4O3S/c23-22(24,25)15-4-2-1-3-13(15)11-32-18-10-19(33-20(18)21(27)30)29-12-28-16-6-5-14(9-17(16)29)31-8-7-26/h1-6,10,12,14H,7-9,11,26H2,(H2,27,30). The number of hydrogen-bond donors (Lipinski definition) is 2.